The second-order valence-corrected chi connectivity index (χ2v) is 5.33. The van der Waals surface area contributed by atoms with E-state index in [1.807, 2.05) is 18.2 Å². The highest BCUT2D eigenvalue weighted by Gasteiger charge is 2.56. The Morgan fingerprint density at radius 3 is 3.05 bits per heavy atom. The number of ketones is 1. The Morgan fingerprint density at radius 2 is 2.10 bits per heavy atom. The minimum Gasteiger partial charge on any atom is -0.454 e. The maximum Gasteiger partial charge on any atom is 0.231 e. The van der Waals surface area contributed by atoms with Crippen molar-refractivity contribution < 1.29 is 28.6 Å². The molecule has 2 saturated heterocycles. The molecule has 1 aromatic rings. The number of Topliss-reactive ketones (excluding diaryl/α,β-unsaturated/α-hetero) is 1. The molecule has 5 rings (SSSR count). The summed E-state index contributed by atoms with van der Waals surface area (Å²) in [6, 6.07) is 5.48. The number of carbonyl (C=O) groups is 1. The molecule has 0 aromatic heterocycles. The van der Waals surface area contributed by atoms with Crippen molar-refractivity contribution in [2.45, 2.75) is 18.5 Å². The first-order chi connectivity index (χ1) is 10.3. The molecule has 4 heterocycles. The number of hydrogen-bond acceptors (Lipinski definition) is 7. The van der Waals surface area contributed by atoms with E-state index in [0.29, 0.717) is 23.8 Å². The average Bonchev–Trinajstić information content (AvgIpc) is 3.22. The predicted molar refractivity (Wildman–Crippen MR) is 67.1 cm³/mol. The van der Waals surface area contributed by atoms with Crippen molar-refractivity contribution in [3.05, 3.63) is 23.8 Å². The van der Waals surface area contributed by atoms with E-state index in [-0.39, 0.29) is 18.7 Å². The molecule has 4 aliphatic heterocycles. The van der Waals surface area contributed by atoms with E-state index in [9.17, 15) is 4.79 Å². The number of carbonyl (C=O) groups excluding carboxylic acids is 1. The minimum atomic E-state index is -0.794. The molecule has 7 nitrogen and oxygen atoms in total. The van der Waals surface area contributed by atoms with Gasteiger partial charge in [-0.2, -0.15) is 0 Å². The standard InChI is InChI=1S/C14H11NO6/c16-12-10-11(6-1-2-7-8(3-6)19-5-18-7)15-21-13(10)9-4-17-14(12)20-9/h1-3,9-10,13-14H,4-5H2/t9-,10-,13-,14+/m0/s1. The van der Waals surface area contributed by atoms with Gasteiger partial charge in [-0.3, -0.25) is 4.79 Å². The number of nitrogens with zero attached hydrogens (tertiary/aromatic N) is 1. The fraction of sp³-hybridized carbons (Fsp3) is 0.429. The number of oxime groups is 1. The van der Waals surface area contributed by atoms with Gasteiger partial charge >= 0.3 is 0 Å². The first kappa shape index (κ1) is 11.5. The van der Waals surface area contributed by atoms with Crippen LogP contribution in [0.3, 0.4) is 0 Å². The van der Waals surface area contributed by atoms with E-state index in [2.05, 4.69) is 5.16 Å². The summed E-state index contributed by atoms with van der Waals surface area (Å²) in [5, 5.41) is 4.11. The summed E-state index contributed by atoms with van der Waals surface area (Å²) >= 11 is 0. The molecule has 2 bridgehead atoms. The first-order valence-electron chi connectivity index (χ1n) is 6.76. The molecule has 7 heteroatoms. The van der Waals surface area contributed by atoms with Crippen molar-refractivity contribution >= 4 is 11.5 Å². The summed E-state index contributed by atoms with van der Waals surface area (Å²) in [4.78, 5) is 17.8. The SMILES string of the molecule is O=C1[C@@H]2OC[C@H](O2)[C@@H]2ON=C(c3ccc4c(c3)OCO4)[C@@H]12. The second-order valence-electron chi connectivity index (χ2n) is 5.33. The van der Waals surface area contributed by atoms with Gasteiger partial charge in [-0.05, 0) is 18.2 Å². The van der Waals surface area contributed by atoms with Gasteiger partial charge in [0.1, 0.15) is 17.7 Å². The Labute approximate surface area is 119 Å². The topological polar surface area (TPSA) is 75.6 Å². The molecular weight excluding hydrogens is 278 g/mol. The van der Waals surface area contributed by atoms with E-state index in [1.165, 1.54) is 0 Å². The number of fused-ring (bicyclic) bond motifs is 5. The van der Waals surface area contributed by atoms with E-state index in [0.717, 1.165) is 5.56 Å². The number of rotatable bonds is 1. The zero-order valence-corrected chi connectivity index (χ0v) is 10.9. The third-order valence-electron chi connectivity index (χ3n) is 4.18. The molecule has 1 aromatic carbocycles. The van der Waals surface area contributed by atoms with Crippen molar-refractivity contribution in [2.24, 2.45) is 11.1 Å². The number of ether oxygens (including phenoxy) is 4. The Kier molecular flexibility index (Phi) is 2.17. The van der Waals surface area contributed by atoms with Gasteiger partial charge in [0.15, 0.2) is 17.6 Å². The van der Waals surface area contributed by atoms with E-state index in [4.69, 9.17) is 23.8 Å². The van der Waals surface area contributed by atoms with Crippen LogP contribution < -0.4 is 9.47 Å². The Morgan fingerprint density at radius 1 is 1.19 bits per heavy atom. The molecule has 0 amide bonds. The van der Waals surface area contributed by atoms with Crippen molar-refractivity contribution in [3.8, 4) is 11.5 Å². The molecule has 4 aliphatic rings. The van der Waals surface area contributed by atoms with E-state index in [1.54, 1.807) is 0 Å². The Hall–Kier alpha value is -2.12. The Bertz CT molecular complexity index is 671. The molecule has 21 heavy (non-hydrogen) atoms. The molecule has 0 saturated carbocycles. The lowest BCUT2D eigenvalue weighted by Gasteiger charge is -2.27. The number of hydrogen-bond donors (Lipinski definition) is 0. The summed E-state index contributed by atoms with van der Waals surface area (Å²) in [5.41, 5.74) is 1.40. The smallest absolute Gasteiger partial charge is 0.231 e. The third-order valence-corrected chi connectivity index (χ3v) is 4.18. The highest BCUT2D eigenvalue weighted by molar-refractivity contribution is 6.16. The normalized spacial score (nSPS) is 35.4. The molecule has 108 valence electrons. The Balaban J connectivity index is 1.54. The third kappa shape index (κ3) is 1.50. The first-order valence-corrected chi connectivity index (χ1v) is 6.76. The summed E-state index contributed by atoms with van der Waals surface area (Å²) in [6.45, 7) is 0.570. The molecule has 0 unspecified atom stereocenters. The molecule has 0 spiro atoms. The summed E-state index contributed by atoms with van der Waals surface area (Å²) in [6.07, 6.45) is -1.44. The van der Waals surface area contributed by atoms with Gasteiger partial charge in [-0.1, -0.05) is 5.16 Å². The van der Waals surface area contributed by atoms with Gasteiger partial charge in [-0.25, -0.2) is 0 Å². The van der Waals surface area contributed by atoms with Crippen molar-refractivity contribution in [1.29, 1.82) is 0 Å². The summed E-state index contributed by atoms with van der Waals surface area (Å²) in [5.74, 6) is 0.758. The molecule has 0 N–H and O–H groups in total. The number of benzene rings is 1. The van der Waals surface area contributed by atoms with Crippen LogP contribution in [0.4, 0.5) is 0 Å². The lowest BCUT2D eigenvalue weighted by molar-refractivity contribution is -0.169. The van der Waals surface area contributed by atoms with Gasteiger partial charge < -0.3 is 23.8 Å². The van der Waals surface area contributed by atoms with Crippen LogP contribution in [0.5, 0.6) is 11.5 Å². The highest BCUT2D eigenvalue weighted by atomic mass is 16.8. The van der Waals surface area contributed by atoms with Crippen LogP contribution in [0.25, 0.3) is 0 Å². The molecule has 2 fully saturated rings. The van der Waals surface area contributed by atoms with Gasteiger partial charge in [-0.15, -0.1) is 0 Å². The van der Waals surface area contributed by atoms with Gasteiger partial charge in [0, 0.05) is 5.56 Å². The zero-order valence-electron chi connectivity index (χ0n) is 10.9. The fourth-order valence-corrected chi connectivity index (χ4v) is 3.15. The molecule has 0 radical (unpaired) electrons. The van der Waals surface area contributed by atoms with Crippen molar-refractivity contribution in [3.63, 3.8) is 0 Å². The minimum absolute atomic E-state index is 0.136. The molecule has 0 aliphatic carbocycles. The second kappa shape index (κ2) is 3.96. The average molecular weight is 289 g/mol. The maximum absolute atomic E-state index is 12.4. The van der Waals surface area contributed by atoms with Gasteiger partial charge in [0.25, 0.3) is 0 Å². The molecule has 4 atom stereocenters. The van der Waals surface area contributed by atoms with Crippen molar-refractivity contribution in [2.75, 3.05) is 13.4 Å². The monoisotopic (exact) mass is 289 g/mol. The quantitative estimate of drug-likeness (QED) is 0.747. The maximum atomic E-state index is 12.4. The van der Waals surface area contributed by atoms with E-state index >= 15 is 0 Å². The predicted octanol–water partition coefficient (Wildman–Crippen LogP) is 0.459. The fourth-order valence-electron chi connectivity index (χ4n) is 3.15. The van der Waals surface area contributed by atoms with Crippen LogP contribution in [0.2, 0.25) is 0 Å². The van der Waals surface area contributed by atoms with Crippen LogP contribution in [0, 0.1) is 5.92 Å². The zero-order chi connectivity index (χ0) is 14.0. The molecular formula is C14H11NO6. The van der Waals surface area contributed by atoms with Crippen LogP contribution in [0.1, 0.15) is 5.56 Å². The van der Waals surface area contributed by atoms with Crippen molar-refractivity contribution in [1.82, 2.24) is 0 Å². The van der Waals surface area contributed by atoms with Gasteiger partial charge in [0.05, 0.1) is 6.61 Å². The highest BCUT2D eigenvalue weighted by Crippen LogP contribution is 2.39. The van der Waals surface area contributed by atoms with Gasteiger partial charge in [0.2, 0.25) is 18.9 Å². The summed E-state index contributed by atoms with van der Waals surface area (Å²) in [7, 11) is 0. The van der Waals surface area contributed by atoms with Crippen LogP contribution in [-0.2, 0) is 19.1 Å². The largest absolute Gasteiger partial charge is 0.454 e. The van der Waals surface area contributed by atoms with Crippen LogP contribution in [-0.4, -0.2) is 43.4 Å². The summed E-state index contributed by atoms with van der Waals surface area (Å²) < 4.78 is 21.5. The lowest BCUT2D eigenvalue weighted by atomic mass is 9.85. The lowest BCUT2D eigenvalue weighted by Crippen LogP contribution is -2.48. The van der Waals surface area contributed by atoms with Crippen LogP contribution in [0.15, 0.2) is 23.4 Å². The van der Waals surface area contributed by atoms with Crippen LogP contribution >= 0.6 is 0 Å². The van der Waals surface area contributed by atoms with E-state index < -0.39 is 18.3 Å².